The quantitative estimate of drug-likeness (QED) is 0.335. The van der Waals surface area contributed by atoms with Crippen LogP contribution in [0.15, 0.2) is 72.2 Å². The largest absolute Gasteiger partial charge is 0.470 e. The van der Waals surface area contributed by atoms with Crippen LogP contribution in [0.3, 0.4) is 0 Å². The van der Waals surface area contributed by atoms with Gasteiger partial charge in [0.1, 0.15) is 6.61 Å². The molecule has 0 amide bonds. The molecule has 0 unspecified atom stereocenters. The Morgan fingerprint density at radius 1 is 0.970 bits per heavy atom. The number of anilines is 2. The van der Waals surface area contributed by atoms with Crippen molar-refractivity contribution in [2.24, 2.45) is 0 Å². The number of esters is 1. The van der Waals surface area contributed by atoms with E-state index in [2.05, 4.69) is 27.4 Å². The molecule has 0 aliphatic rings. The summed E-state index contributed by atoms with van der Waals surface area (Å²) in [7, 11) is 1.38. The second-order valence-corrected chi connectivity index (χ2v) is 8.15. The molecule has 7 nitrogen and oxygen atoms in total. The summed E-state index contributed by atoms with van der Waals surface area (Å²) in [5.41, 5.74) is 3.82. The summed E-state index contributed by atoms with van der Waals surface area (Å²) in [6.07, 6.45) is 3.21. The SMILES string of the molecule is COC(=O)CCc1csc(Nc2ncc(Cc3ccccc3)nc2OCc2ccccc2)n1. The fourth-order valence-electron chi connectivity index (χ4n) is 3.12. The number of thiazole rings is 1. The van der Waals surface area contributed by atoms with Crippen LogP contribution in [-0.2, 0) is 29.0 Å². The normalized spacial score (nSPS) is 10.6. The van der Waals surface area contributed by atoms with E-state index in [9.17, 15) is 4.79 Å². The molecule has 0 aliphatic carbocycles. The van der Waals surface area contributed by atoms with Crippen LogP contribution in [0.4, 0.5) is 10.9 Å². The van der Waals surface area contributed by atoms with E-state index < -0.39 is 0 Å². The van der Waals surface area contributed by atoms with E-state index in [0.29, 0.717) is 42.7 Å². The van der Waals surface area contributed by atoms with E-state index in [4.69, 9.17) is 14.5 Å². The Bertz CT molecular complexity index is 1180. The van der Waals surface area contributed by atoms with Crippen LogP contribution >= 0.6 is 11.3 Å². The van der Waals surface area contributed by atoms with Crippen molar-refractivity contribution in [2.45, 2.75) is 25.9 Å². The van der Waals surface area contributed by atoms with E-state index in [1.165, 1.54) is 18.4 Å². The van der Waals surface area contributed by atoms with Crippen molar-refractivity contribution < 1.29 is 14.3 Å². The summed E-state index contributed by atoms with van der Waals surface area (Å²) >= 11 is 1.44. The number of nitrogens with zero attached hydrogens (tertiary/aromatic N) is 3. The predicted molar refractivity (Wildman–Crippen MR) is 128 cm³/mol. The number of benzene rings is 2. The van der Waals surface area contributed by atoms with Gasteiger partial charge in [0.25, 0.3) is 5.88 Å². The Kier molecular flexibility index (Phi) is 7.60. The molecule has 4 aromatic rings. The zero-order valence-corrected chi connectivity index (χ0v) is 19.0. The average molecular weight is 461 g/mol. The lowest BCUT2D eigenvalue weighted by Crippen LogP contribution is -2.06. The number of hydrogen-bond donors (Lipinski definition) is 1. The average Bonchev–Trinajstić information content (AvgIpc) is 3.31. The molecule has 8 heteroatoms. The zero-order chi connectivity index (χ0) is 22.9. The van der Waals surface area contributed by atoms with Gasteiger partial charge in [-0.05, 0) is 11.1 Å². The number of hydrogen-bond acceptors (Lipinski definition) is 8. The Hall–Kier alpha value is -3.78. The van der Waals surface area contributed by atoms with Gasteiger partial charge < -0.3 is 14.8 Å². The molecule has 0 saturated heterocycles. The zero-order valence-electron chi connectivity index (χ0n) is 18.2. The number of rotatable bonds is 10. The van der Waals surface area contributed by atoms with E-state index in [0.717, 1.165) is 22.5 Å². The van der Waals surface area contributed by atoms with E-state index >= 15 is 0 Å². The second kappa shape index (κ2) is 11.2. The molecule has 168 valence electrons. The molecule has 2 heterocycles. The minimum atomic E-state index is -0.256. The van der Waals surface area contributed by atoms with Crippen molar-refractivity contribution in [3.63, 3.8) is 0 Å². The molecular weight excluding hydrogens is 436 g/mol. The Labute approximate surface area is 196 Å². The molecule has 0 bridgehead atoms. The van der Waals surface area contributed by atoms with Gasteiger partial charge in [0.15, 0.2) is 10.9 Å². The highest BCUT2D eigenvalue weighted by atomic mass is 32.1. The number of nitrogens with one attached hydrogen (secondary N) is 1. The molecule has 0 spiro atoms. The number of methoxy groups -OCH3 is 1. The Balaban J connectivity index is 1.51. The molecule has 0 fully saturated rings. The maximum Gasteiger partial charge on any atom is 0.305 e. The molecule has 0 saturated carbocycles. The summed E-state index contributed by atoms with van der Waals surface area (Å²) in [5.74, 6) is 0.657. The first kappa shape index (κ1) is 22.4. The van der Waals surface area contributed by atoms with Crippen LogP contribution in [0.2, 0.25) is 0 Å². The van der Waals surface area contributed by atoms with Crippen LogP contribution in [0.1, 0.15) is 28.9 Å². The lowest BCUT2D eigenvalue weighted by Gasteiger charge is -2.12. The Morgan fingerprint density at radius 2 is 1.70 bits per heavy atom. The Morgan fingerprint density at radius 3 is 2.42 bits per heavy atom. The summed E-state index contributed by atoms with van der Waals surface area (Å²) in [6, 6.07) is 20.0. The van der Waals surface area contributed by atoms with Crippen molar-refractivity contribution >= 4 is 28.3 Å². The smallest absolute Gasteiger partial charge is 0.305 e. The van der Waals surface area contributed by atoms with Gasteiger partial charge in [-0.3, -0.25) is 4.79 Å². The number of aryl methyl sites for hydroxylation is 1. The molecule has 0 radical (unpaired) electrons. The molecule has 33 heavy (non-hydrogen) atoms. The first-order valence-corrected chi connectivity index (χ1v) is 11.4. The van der Waals surface area contributed by atoms with Gasteiger partial charge in [0, 0.05) is 18.2 Å². The van der Waals surface area contributed by atoms with Gasteiger partial charge in [0.05, 0.1) is 31.1 Å². The minimum absolute atomic E-state index is 0.256. The number of carbonyl (C=O) groups is 1. The van der Waals surface area contributed by atoms with Gasteiger partial charge in [-0.25, -0.2) is 15.0 Å². The summed E-state index contributed by atoms with van der Waals surface area (Å²) in [4.78, 5) is 25.2. The van der Waals surface area contributed by atoms with Crippen LogP contribution in [-0.4, -0.2) is 28.0 Å². The maximum atomic E-state index is 11.4. The topological polar surface area (TPSA) is 86.2 Å². The van der Waals surface area contributed by atoms with Crippen molar-refractivity contribution in [3.05, 3.63) is 94.8 Å². The van der Waals surface area contributed by atoms with Crippen molar-refractivity contribution in [3.8, 4) is 5.88 Å². The van der Waals surface area contributed by atoms with Crippen molar-refractivity contribution in [1.29, 1.82) is 0 Å². The molecule has 0 atom stereocenters. The lowest BCUT2D eigenvalue weighted by atomic mass is 10.1. The van der Waals surface area contributed by atoms with Crippen molar-refractivity contribution in [2.75, 3.05) is 12.4 Å². The van der Waals surface area contributed by atoms with E-state index in [1.54, 1.807) is 6.20 Å². The third kappa shape index (κ3) is 6.60. The van der Waals surface area contributed by atoms with Crippen LogP contribution in [0.5, 0.6) is 5.88 Å². The second-order valence-electron chi connectivity index (χ2n) is 7.30. The van der Waals surface area contributed by atoms with Crippen LogP contribution in [0.25, 0.3) is 0 Å². The third-order valence-electron chi connectivity index (χ3n) is 4.83. The summed E-state index contributed by atoms with van der Waals surface area (Å²) < 4.78 is 10.7. The molecule has 2 aromatic carbocycles. The highest BCUT2D eigenvalue weighted by molar-refractivity contribution is 7.13. The molecule has 1 N–H and O–H groups in total. The van der Waals surface area contributed by atoms with Gasteiger partial charge in [0.2, 0.25) is 0 Å². The molecule has 4 rings (SSSR count). The highest BCUT2D eigenvalue weighted by Gasteiger charge is 2.13. The first-order chi connectivity index (χ1) is 16.2. The summed E-state index contributed by atoms with van der Waals surface area (Å²) in [5, 5.41) is 5.78. The standard InChI is InChI=1S/C25H24N4O3S/c1-31-22(30)13-12-20-17-33-25(28-20)29-23-24(32-16-19-10-6-3-7-11-19)27-21(15-26-23)14-18-8-4-2-5-9-18/h2-11,15,17H,12-14,16H2,1H3,(H,26,28,29). The predicted octanol–water partition coefficient (Wildman–Crippen LogP) is 4.95. The monoisotopic (exact) mass is 460 g/mol. The third-order valence-corrected chi connectivity index (χ3v) is 5.63. The van der Waals surface area contributed by atoms with E-state index in [-0.39, 0.29) is 5.97 Å². The molecular formula is C25H24N4O3S. The van der Waals surface area contributed by atoms with Crippen molar-refractivity contribution in [1.82, 2.24) is 15.0 Å². The molecule has 0 aliphatic heterocycles. The van der Waals surface area contributed by atoms with Gasteiger partial charge in [-0.1, -0.05) is 60.7 Å². The lowest BCUT2D eigenvalue weighted by molar-refractivity contribution is -0.140. The van der Waals surface area contributed by atoms with Crippen LogP contribution in [0, 0.1) is 0 Å². The maximum absolute atomic E-state index is 11.4. The fraction of sp³-hybridized carbons (Fsp3) is 0.200. The fourth-order valence-corrected chi connectivity index (χ4v) is 3.87. The molecule has 2 aromatic heterocycles. The van der Waals surface area contributed by atoms with E-state index in [1.807, 2.05) is 53.9 Å². The first-order valence-electron chi connectivity index (χ1n) is 10.5. The number of aromatic nitrogens is 3. The highest BCUT2D eigenvalue weighted by Crippen LogP contribution is 2.27. The van der Waals surface area contributed by atoms with Crippen LogP contribution < -0.4 is 10.1 Å². The van der Waals surface area contributed by atoms with Gasteiger partial charge in [-0.2, -0.15) is 0 Å². The minimum Gasteiger partial charge on any atom is -0.470 e. The number of ether oxygens (including phenoxy) is 2. The number of carbonyl (C=O) groups excluding carboxylic acids is 1. The summed E-state index contributed by atoms with van der Waals surface area (Å²) in [6.45, 7) is 0.376. The van der Waals surface area contributed by atoms with Gasteiger partial charge >= 0.3 is 5.97 Å². The van der Waals surface area contributed by atoms with Gasteiger partial charge in [-0.15, -0.1) is 11.3 Å².